The molecule has 2 saturated heterocycles. The molecular weight excluding hydrogens is 274 g/mol. The number of fused-ring (bicyclic) bond motifs is 2. The van der Waals surface area contributed by atoms with E-state index < -0.39 is 5.41 Å². The largest absolute Gasteiger partial charge is 0.308 e. The van der Waals surface area contributed by atoms with Crippen molar-refractivity contribution in [2.24, 2.45) is 5.84 Å². The second-order valence-electron chi connectivity index (χ2n) is 5.86. The second-order valence-corrected chi connectivity index (χ2v) is 6.25. The highest BCUT2D eigenvalue weighted by atomic mass is 35.5. The maximum atomic E-state index is 9.82. The number of nitrogens with one attached hydrogen (secondary N) is 1. The standard InChI is InChI=1S/C14H18ClN5/c1-20-10-2-3-11(20)7-14(6-10,8-16)9-4-12(15)18-13(5-9)19-17/h4-5,10-11H,2-3,6-7,17H2,1H3,(H,18,19). The van der Waals surface area contributed by atoms with Crippen LogP contribution in [-0.4, -0.2) is 29.0 Å². The summed E-state index contributed by atoms with van der Waals surface area (Å²) in [6.45, 7) is 0. The molecule has 0 saturated carbocycles. The lowest BCUT2D eigenvalue weighted by molar-refractivity contribution is 0.135. The topological polar surface area (TPSA) is 78.0 Å². The van der Waals surface area contributed by atoms with E-state index in [4.69, 9.17) is 17.4 Å². The Morgan fingerprint density at radius 2 is 2.10 bits per heavy atom. The van der Waals surface area contributed by atoms with Crippen LogP contribution in [0.25, 0.3) is 0 Å². The summed E-state index contributed by atoms with van der Waals surface area (Å²) in [5.41, 5.74) is 2.97. The molecular formula is C14H18ClN5. The van der Waals surface area contributed by atoms with Gasteiger partial charge in [-0.05, 0) is 50.4 Å². The third-order valence-corrected chi connectivity index (χ3v) is 5.06. The van der Waals surface area contributed by atoms with E-state index in [0.29, 0.717) is 23.1 Å². The van der Waals surface area contributed by atoms with E-state index in [1.165, 1.54) is 12.8 Å². The molecule has 2 unspecified atom stereocenters. The van der Waals surface area contributed by atoms with Crippen molar-refractivity contribution in [1.29, 1.82) is 5.26 Å². The van der Waals surface area contributed by atoms with Gasteiger partial charge in [0.15, 0.2) is 0 Å². The van der Waals surface area contributed by atoms with Crippen LogP contribution in [0.5, 0.6) is 0 Å². The number of rotatable bonds is 2. The zero-order valence-corrected chi connectivity index (χ0v) is 12.2. The van der Waals surface area contributed by atoms with E-state index in [0.717, 1.165) is 18.4 Å². The number of nitrogen functional groups attached to an aromatic ring is 1. The number of nitrogens with two attached hydrogens (primary N) is 1. The van der Waals surface area contributed by atoms with Crippen molar-refractivity contribution in [2.45, 2.75) is 43.2 Å². The number of nitriles is 1. The van der Waals surface area contributed by atoms with Crippen LogP contribution in [0, 0.1) is 11.3 Å². The Kier molecular flexibility index (Phi) is 3.33. The van der Waals surface area contributed by atoms with Gasteiger partial charge in [0, 0.05) is 12.1 Å². The highest BCUT2D eigenvalue weighted by Crippen LogP contribution is 2.46. The number of nitrogens with zero attached hydrogens (tertiary/aromatic N) is 3. The molecule has 5 nitrogen and oxygen atoms in total. The molecule has 106 valence electrons. The van der Waals surface area contributed by atoms with Gasteiger partial charge in [-0.25, -0.2) is 10.8 Å². The van der Waals surface area contributed by atoms with Crippen LogP contribution in [0.1, 0.15) is 31.2 Å². The van der Waals surface area contributed by atoms with Crippen LogP contribution in [0.15, 0.2) is 12.1 Å². The lowest BCUT2D eigenvalue weighted by Crippen LogP contribution is -2.47. The van der Waals surface area contributed by atoms with Crippen molar-refractivity contribution in [3.63, 3.8) is 0 Å². The van der Waals surface area contributed by atoms with Crippen molar-refractivity contribution in [2.75, 3.05) is 12.5 Å². The number of piperidine rings is 1. The lowest BCUT2D eigenvalue weighted by Gasteiger charge is -2.41. The minimum Gasteiger partial charge on any atom is -0.308 e. The van der Waals surface area contributed by atoms with Gasteiger partial charge in [0.1, 0.15) is 11.0 Å². The molecule has 2 aliphatic heterocycles. The molecule has 2 bridgehead atoms. The fourth-order valence-electron chi connectivity index (χ4n) is 3.71. The molecule has 0 spiro atoms. The van der Waals surface area contributed by atoms with Gasteiger partial charge in [-0.2, -0.15) is 5.26 Å². The highest BCUT2D eigenvalue weighted by Gasteiger charge is 2.48. The first kappa shape index (κ1) is 13.6. The summed E-state index contributed by atoms with van der Waals surface area (Å²) in [6.07, 6.45) is 4.04. The Bertz CT molecular complexity index is 553. The summed E-state index contributed by atoms with van der Waals surface area (Å²) in [7, 11) is 2.16. The quantitative estimate of drug-likeness (QED) is 0.495. The van der Waals surface area contributed by atoms with Gasteiger partial charge < -0.3 is 10.3 Å². The summed E-state index contributed by atoms with van der Waals surface area (Å²) in [6, 6.07) is 7.16. The molecule has 3 rings (SSSR count). The van der Waals surface area contributed by atoms with Gasteiger partial charge in [0.2, 0.25) is 0 Å². The number of hydrazine groups is 1. The Morgan fingerprint density at radius 1 is 1.45 bits per heavy atom. The molecule has 3 N–H and O–H groups in total. The number of pyridine rings is 1. The minimum atomic E-state index is -0.476. The Morgan fingerprint density at radius 3 is 2.65 bits per heavy atom. The van der Waals surface area contributed by atoms with Crippen LogP contribution in [0.4, 0.5) is 5.82 Å². The predicted octanol–water partition coefficient (Wildman–Crippen LogP) is 2.04. The van der Waals surface area contributed by atoms with E-state index in [2.05, 4.69) is 28.4 Å². The van der Waals surface area contributed by atoms with Gasteiger partial charge in [-0.15, -0.1) is 0 Å². The van der Waals surface area contributed by atoms with E-state index in [1.54, 1.807) is 6.07 Å². The SMILES string of the molecule is CN1C2CCC1CC(C#N)(c1cc(Cl)nc(NN)c1)C2. The summed E-state index contributed by atoms with van der Waals surface area (Å²) in [4.78, 5) is 6.51. The molecule has 3 heterocycles. The van der Waals surface area contributed by atoms with Crippen LogP contribution in [-0.2, 0) is 5.41 Å². The molecule has 0 aliphatic carbocycles. The van der Waals surface area contributed by atoms with Crippen molar-refractivity contribution in [1.82, 2.24) is 9.88 Å². The second kappa shape index (κ2) is 4.88. The first-order chi connectivity index (χ1) is 9.58. The molecule has 0 amide bonds. The van der Waals surface area contributed by atoms with Crippen molar-refractivity contribution in [3.05, 3.63) is 22.8 Å². The van der Waals surface area contributed by atoms with Gasteiger partial charge in [-0.3, -0.25) is 0 Å². The van der Waals surface area contributed by atoms with Gasteiger partial charge in [-0.1, -0.05) is 11.6 Å². The smallest absolute Gasteiger partial charge is 0.142 e. The number of aromatic nitrogens is 1. The van der Waals surface area contributed by atoms with Gasteiger partial charge in [0.25, 0.3) is 0 Å². The molecule has 20 heavy (non-hydrogen) atoms. The van der Waals surface area contributed by atoms with Crippen LogP contribution >= 0.6 is 11.6 Å². The summed E-state index contributed by atoms with van der Waals surface area (Å²) < 4.78 is 0. The molecule has 0 aromatic carbocycles. The summed E-state index contributed by atoms with van der Waals surface area (Å²) in [5, 5.41) is 10.2. The average molecular weight is 292 g/mol. The van der Waals surface area contributed by atoms with Crippen molar-refractivity contribution >= 4 is 17.4 Å². The number of hydrogen-bond donors (Lipinski definition) is 2. The van der Waals surface area contributed by atoms with Gasteiger partial charge >= 0.3 is 0 Å². The first-order valence-electron chi connectivity index (χ1n) is 6.86. The number of hydrogen-bond acceptors (Lipinski definition) is 5. The third kappa shape index (κ3) is 2.05. The van der Waals surface area contributed by atoms with Crippen LogP contribution in [0.2, 0.25) is 5.15 Å². The molecule has 0 radical (unpaired) electrons. The predicted molar refractivity (Wildman–Crippen MR) is 78.2 cm³/mol. The summed E-state index contributed by atoms with van der Waals surface area (Å²) in [5.74, 6) is 5.94. The van der Waals surface area contributed by atoms with E-state index in [-0.39, 0.29) is 0 Å². The van der Waals surface area contributed by atoms with Crippen LogP contribution < -0.4 is 11.3 Å². The zero-order valence-electron chi connectivity index (χ0n) is 11.4. The molecule has 1 aromatic heterocycles. The summed E-state index contributed by atoms with van der Waals surface area (Å²) >= 11 is 6.06. The normalized spacial score (nSPS) is 32.9. The average Bonchev–Trinajstić information content (AvgIpc) is 2.68. The van der Waals surface area contributed by atoms with Crippen molar-refractivity contribution < 1.29 is 0 Å². The molecule has 2 atom stereocenters. The maximum absolute atomic E-state index is 9.82. The number of anilines is 1. The molecule has 2 aliphatic rings. The Labute approximate surface area is 123 Å². The van der Waals surface area contributed by atoms with Gasteiger partial charge in [0.05, 0.1) is 11.5 Å². The zero-order chi connectivity index (χ0) is 14.3. The fraction of sp³-hybridized carbons (Fsp3) is 0.571. The highest BCUT2D eigenvalue weighted by molar-refractivity contribution is 6.29. The van der Waals surface area contributed by atoms with Crippen LogP contribution in [0.3, 0.4) is 0 Å². The lowest BCUT2D eigenvalue weighted by atomic mass is 9.71. The molecule has 1 aromatic rings. The van der Waals surface area contributed by atoms with Crippen molar-refractivity contribution in [3.8, 4) is 6.07 Å². The molecule has 2 fully saturated rings. The Hall–Kier alpha value is -1.35. The number of halogens is 1. The van der Waals surface area contributed by atoms with E-state index in [1.807, 2.05) is 6.07 Å². The molecule has 6 heteroatoms. The Balaban J connectivity index is 2.02. The van der Waals surface area contributed by atoms with E-state index >= 15 is 0 Å². The van der Waals surface area contributed by atoms with E-state index in [9.17, 15) is 5.26 Å². The maximum Gasteiger partial charge on any atom is 0.142 e. The minimum absolute atomic E-state index is 0.372. The monoisotopic (exact) mass is 291 g/mol. The first-order valence-corrected chi connectivity index (χ1v) is 7.23. The fourth-order valence-corrected chi connectivity index (χ4v) is 3.92. The third-order valence-electron chi connectivity index (χ3n) is 4.86.